The van der Waals surface area contributed by atoms with E-state index in [2.05, 4.69) is 15.1 Å². The van der Waals surface area contributed by atoms with Gasteiger partial charge in [0.1, 0.15) is 5.82 Å². The third-order valence-corrected chi connectivity index (χ3v) is 4.61. The molecule has 5 heteroatoms. The van der Waals surface area contributed by atoms with Gasteiger partial charge in [-0.25, -0.2) is 4.39 Å². The molecule has 1 aliphatic heterocycles. The van der Waals surface area contributed by atoms with Crippen LogP contribution in [0.5, 0.6) is 0 Å². The van der Waals surface area contributed by atoms with Crippen LogP contribution in [-0.2, 0) is 4.79 Å². The molecule has 4 nitrogen and oxygen atoms in total. The van der Waals surface area contributed by atoms with E-state index < -0.39 is 0 Å². The number of halogens is 1. The number of carbonyl (C=O) groups excluding carboxylic acids is 1. The zero-order chi connectivity index (χ0) is 17.6. The molecule has 0 spiro atoms. The maximum atomic E-state index is 13.0. The lowest BCUT2D eigenvalue weighted by molar-refractivity contribution is -0.123. The Morgan fingerprint density at radius 3 is 2.32 bits per heavy atom. The van der Waals surface area contributed by atoms with Gasteiger partial charge >= 0.3 is 0 Å². The van der Waals surface area contributed by atoms with Crippen molar-refractivity contribution in [3.8, 4) is 0 Å². The molecule has 2 aromatic rings. The molecule has 1 amide bonds. The van der Waals surface area contributed by atoms with Gasteiger partial charge in [0.2, 0.25) is 5.91 Å². The largest absolute Gasteiger partial charge is 0.369 e. The molecule has 1 atom stereocenters. The SMILES string of the molecule is CC(NC(=O)CN1CCN(c2ccc(F)cc2)CC1)c1ccccc1. The van der Waals surface area contributed by atoms with Crippen LogP contribution in [0.25, 0.3) is 0 Å². The molecule has 1 unspecified atom stereocenters. The first-order valence-electron chi connectivity index (χ1n) is 8.69. The summed E-state index contributed by atoms with van der Waals surface area (Å²) in [6, 6.07) is 16.6. The maximum absolute atomic E-state index is 13.0. The Morgan fingerprint density at radius 2 is 1.68 bits per heavy atom. The van der Waals surface area contributed by atoms with Gasteiger partial charge in [-0.2, -0.15) is 0 Å². The molecule has 2 aromatic carbocycles. The van der Waals surface area contributed by atoms with Crippen LogP contribution in [0.3, 0.4) is 0 Å². The Bertz CT molecular complexity index is 682. The van der Waals surface area contributed by atoms with Gasteiger partial charge in [0, 0.05) is 31.9 Å². The van der Waals surface area contributed by atoms with E-state index in [4.69, 9.17) is 0 Å². The van der Waals surface area contributed by atoms with Crippen LogP contribution in [0, 0.1) is 5.82 Å². The number of benzene rings is 2. The summed E-state index contributed by atoms with van der Waals surface area (Å²) in [5.74, 6) is -0.168. The van der Waals surface area contributed by atoms with Gasteiger partial charge in [-0.1, -0.05) is 30.3 Å². The molecule has 1 saturated heterocycles. The van der Waals surface area contributed by atoms with E-state index in [0.717, 1.165) is 37.4 Å². The zero-order valence-electron chi connectivity index (χ0n) is 14.5. The normalized spacial score (nSPS) is 16.5. The van der Waals surface area contributed by atoms with Crippen molar-refractivity contribution in [1.29, 1.82) is 0 Å². The number of nitrogens with one attached hydrogen (secondary N) is 1. The van der Waals surface area contributed by atoms with Gasteiger partial charge in [-0.15, -0.1) is 0 Å². The van der Waals surface area contributed by atoms with Gasteiger partial charge in [-0.3, -0.25) is 9.69 Å². The molecule has 0 saturated carbocycles. The van der Waals surface area contributed by atoms with Gasteiger partial charge in [0.25, 0.3) is 0 Å². The second kappa shape index (κ2) is 8.12. The summed E-state index contributed by atoms with van der Waals surface area (Å²) < 4.78 is 13.0. The van der Waals surface area contributed by atoms with Crippen LogP contribution >= 0.6 is 0 Å². The molecule has 25 heavy (non-hydrogen) atoms. The van der Waals surface area contributed by atoms with Crippen LogP contribution in [0.1, 0.15) is 18.5 Å². The molecule has 0 radical (unpaired) electrons. The molecule has 0 aromatic heterocycles. The Kier molecular flexibility index (Phi) is 5.66. The molecule has 132 valence electrons. The second-order valence-electron chi connectivity index (χ2n) is 6.44. The first kappa shape index (κ1) is 17.4. The van der Waals surface area contributed by atoms with Gasteiger partial charge in [-0.05, 0) is 36.8 Å². The minimum Gasteiger partial charge on any atom is -0.369 e. The molecular weight excluding hydrogens is 317 g/mol. The van der Waals surface area contributed by atoms with E-state index in [9.17, 15) is 9.18 Å². The van der Waals surface area contributed by atoms with Crippen LogP contribution in [0.15, 0.2) is 54.6 Å². The van der Waals surface area contributed by atoms with Crippen molar-refractivity contribution >= 4 is 11.6 Å². The number of hydrogen-bond acceptors (Lipinski definition) is 3. The fourth-order valence-electron chi connectivity index (χ4n) is 3.13. The van der Waals surface area contributed by atoms with Crippen LogP contribution in [0.2, 0.25) is 0 Å². The molecule has 1 aliphatic rings. The summed E-state index contributed by atoms with van der Waals surface area (Å²) >= 11 is 0. The van der Waals surface area contributed by atoms with Gasteiger partial charge in [0.05, 0.1) is 12.6 Å². The van der Waals surface area contributed by atoms with Crippen molar-refractivity contribution < 1.29 is 9.18 Å². The zero-order valence-corrected chi connectivity index (χ0v) is 14.5. The predicted octanol–water partition coefficient (Wildman–Crippen LogP) is 2.83. The Labute approximate surface area is 148 Å². The van der Waals surface area contributed by atoms with Crippen molar-refractivity contribution in [3.05, 3.63) is 66.0 Å². The number of amides is 1. The molecule has 1 fully saturated rings. The lowest BCUT2D eigenvalue weighted by Gasteiger charge is -2.35. The number of carbonyl (C=O) groups is 1. The molecule has 0 bridgehead atoms. The average molecular weight is 341 g/mol. The van der Waals surface area contributed by atoms with Crippen LogP contribution in [-0.4, -0.2) is 43.5 Å². The summed E-state index contributed by atoms with van der Waals surface area (Å²) in [6.07, 6.45) is 0. The van der Waals surface area contributed by atoms with E-state index in [0.29, 0.717) is 6.54 Å². The Morgan fingerprint density at radius 1 is 1.04 bits per heavy atom. The first-order chi connectivity index (χ1) is 12.1. The fourth-order valence-corrected chi connectivity index (χ4v) is 3.13. The van der Waals surface area contributed by atoms with Crippen molar-refractivity contribution in [3.63, 3.8) is 0 Å². The third kappa shape index (κ3) is 4.79. The van der Waals surface area contributed by atoms with E-state index in [1.54, 1.807) is 12.1 Å². The standard InChI is InChI=1S/C20H24FN3O/c1-16(17-5-3-2-4-6-17)22-20(25)15-23-11-13-24(14-12-23)19-9-7-18(21)8-10-19/h2-10,16H,11-15H2,1H3,(H,22,25). The summed E-state index contributed by atoms with van der Waals surface area (Å²) in [5, 5.41) is 3.06. The van der Waals surface area contributed by atoms with E-state index in [1.165, 1.54) is 12.1 Å². The first-order valence-corrected chi connectivity index (χ1v) is 8.69. The van der Waals surface area contributed by atoms with E-state index in [-0.39, 0.29) is 17.8 Å². The molecule has 1 heterocycles. The van der Waals surface area contributed by atoms with E-state index >= 15 is 0 Å². The minimum atomic E-state index is -0.216. The number of anilines is 1. The highest BCUT2D eigenvalue weighted by molar-refractivity contribution is 5.78. The lowest BCUT2D eigenvalue weighted by atomic mass is 10.1. The minimum absolute atomic E-state index is 0.00852. The summed E-state index contributed by atoms with van der Waals surface area (Å²) in [6.45, 7) is 5.74. The maximum Gasteiger partial charge on any atom is 0.234 e. The van der Waals surface area contributed by atoms with Gasteiger partial charge < -0.3 is 10.2 Å². The summed E-state index contributed by atoms with van der Waals surface area (Å²) in [4.78, 5) is 16.7. The number of hydrogen-bond donors (Lipinski definition) is 1. The average Bonchev–Trinajstić information content (AvgIpc) is 2.64. The molecule has 1 N–H and O–H groups in total. The molecular formula is C20H24FN3O. The summed E-state index contributed by atoms with van der Waals surface area (Å²) in [7, 11) is 0. The molecule has 0 aliphatic carbocycles. The fraction of sp³-hybridized carbons (Fsp3) is 0.350. The van der Waals surface area contributed by atoms with Crippen LogP contribution in [0.4, 0.5) is 10.1 Å². The second-order valence-corrected chi connectivity index (χ2v) is 6.44. The quantitative estimate of drug-likeness (QED) is 0.908. The van der Waals surface area contributed by atoms with Gasteiger partial charge in [0.15, 0.2) is 0 Å². The third-order valence-electron chi connectivity index (χ3n) is 4.61. The number of rotatable bonds is 5. The smallest absolute Gasteiger partial charge is 0.234 e. The monoisotopic (exact) mass is 341 g/mol. The van der Waals surface area contributed by atoms with Crippen molar-refractivity contribution in [2.24, 2.45) is 0 Å². The Balaban J connectivity index is 1.45. The summed E-state index contributed by atoms with van der Waals surface area (Å²) in [5.41, 5.74) is 2.14. The highest BCUT2D eigenvalue weighted by atomic mass is 19.1. The van der Waals surface area contributed by atoms with Crippen molar-refractivity contribution in [2.75, 3.05) is 37.6 Å². The number of piperazine rings is 1. The number of nitrogens with zero attached hydrogens (tertiary/aromatic N) is 2. The Hall–Kier alpha value is -2.40. The molecule has 3 rings (SSSR count). The van der Waals surface area contributed by atoms with Crippen molar-refractivity contribution in [1.82, 2.24) is 10.2 Å². The topological polar surface area (TPSA) is 35.6 Å². The predicted molar refractivity (Wildman–Crippen MR) is 98.1 cm³/mol. The van der Waals surface area contributed by atoms with E-state index in [1.807, 2.05) is 37.3 Å². The lowest BCUT2D eigenvalue weighted by Crippen LogP contribution is -2.49. The van der Waals surface area contributed by atoms with Crippen molar-refractivity contribution in [2.45, 2.75) is 13.0 Å². The highest BCUT2D eigenvalue weighted by Crippen LogP contribution is 2.17. The highest BCUT2D eigenvalue weighted by Gasteiger charge is 2.20. The van der Waals surface area contributed by atoms with Crippen LogP contribution < -0.4 is 10.2 Å².